The maximum atomic E-state index is 11.9. The van der Waals surface area contributed by atoms with Crippen LogP contribution in [0.2, 0.25) is 0 Å². The Labute approximate surface area is 154 Å². The van der Waals surface area contributed by atoms with Crippen molar-refractivity contribution in [2.75, 3.05) is 12.9 Å². The monoisotopic (exact) mass is 406 g/mol. The molecule has 0 aromatic heterocycles. The molecule has 10 heteroatoms. The average Bonchev–Trinajstić information content (AvgIpc) is 2.53. The van der Waals surface area contributed by atoms with E-state index in [1.807, 2.05) is 6.07 Å². The van der Waals surface area contributed by atoms with Gasteiger partial charge in [0.05, 0.1) is 34.2 Å². The lowest BCUT2D eigenvalue weighted by Gasteiger charge is -2.46. The van der Waals surface area contributed by atoms with Gasteiger partial charge < -0.3 is 18.6 Å². The maximum Gasteiger partial charge on any atom is 0.100 e. The molecule has 1 aromatic rings. The molecule has 1 saturated carbocycles. The third kappa shape index (κ3) is 5.48. The summed E-state index contributed by atoms with van der Waals surface area (Å²) in [7, 11) is -8.06. The molecule has 0 bridgehead atoms. The zero-order chi connectivity index (χ0) is 19.5. The Bertz CT molecular complexity index is 791. The van der Waals surface area contributed by atoms with Crippen LogP contribution in [0.25, 0.3) is 0 Å². The first-order valence-electron chi connectivity index (χ1n) is 8.09. The van der Waals surface area contributed by atoms with Gasteiger partial charge in [0.1, 0.15) is 10.1 Å². The van der Waals surface area contributed by atoms with Gasteiger partial charge in [0.2, 0.25) is 0 Å². The topological polar surface area (TPSA) is 133 Å². The van der Waals surface area contributed by atoms with Gasteiger partial charge in [0.15, 0.2) is 0 Å². The van der Waals surface area contributed by atoms with Gasteiger partial charge in [-0.2, -0.15) is 0 Å². The zero-order valence-corrected chi connectivity index (χ0v) is 16.1. The highest BCUT2D eigenvalue weighted by atomic mass is 32.2. The summed E-state index contributed by atoms with van der Waals surface area (Å²) in [6.07, 6.45) is -1.75. The molecule has 148 valence electrons. The summed E-state index contributed by atoms with van der Waals surface area (Å²) >= 11 is 0. The summed E-state index contributed by atoms with van der Waals surface area (Å²) in [5.41, 5.74) is 0.793. The van der Waals surface area contributed by atoms with E-state index >= 15 is 0 Å². The van der Waals surface area contributed by atoms with Gasteiger partial charge in [-0.3, -0.25) is 0 Å². The van der Waals surface area contributed by atoms with Crippen LogP contribution in [0.4, 0.5) is 0 Å². The first-order valence-corrected chi connectivity index (χ1v) is 11.1. The van der Waals surface area contributed by atoms with Gasteiger partial charge in [-0.1, -0.05) is 37.3 Å². The molecule has 1 aromatic carbocycles. The Balaban J connectivity index is 2.29. The van der Waals surface area contributed by atoms with Gasteiger partial charge in [-0.15, -0.1) is 0 Å². The van der Waals surface area contributed by atoms with Crippen molar-refractivity contribution < 1.29 is 35.4 Å². The van der Waals surface area contributed by atoms with Gasteiger partial charge in [0, 0.05) is 12.9 Å². The van der Waals surface area contributed by atoms with Crippen LogP contribution in [0, 0.1) is 11.8 Å². The van der Waals surface area contributed by atoms with E-state index in [0.29, 0.717) is 0 Å². The fourth-order valence-electron chi connectivity index (χ4n) is 3.53. The predicted octanol–water partition coefficient (Wildman–Crippen LogP) is 0.702. The normalized spacial score (nSPS) is 30.2. The van der Waals surface area contributed by atoms with Crippen molar-refractivity contribution in [3.05, 3.63) is 35.9 Å². The molecule has 8 nitrogen and oxygen atoms in total. The first kappa shape index (κ1) is 21.3. The smallest absolute Gasteiger partial charge is 0.100 e. The minimum atomic E-state index is -4.81. The Kier molecular flexibility index (Phi) is 6.81. The summed E-state index contributed by atoms with van der Waals surface area (Å²) in [5.74, 6) is -2.40. The first-order chi connectivity index (χ1) is 12.0. The fraction of sp³-hybridized carbons (Fsp3) is 0.625. The summed E-state index contributed by atoms with van der Waals surface area (Å²) in [6, 6.07) is 9.01. The average molecular weight is 406 g/mol. The third-order valence-corrected chi connectivity index (χ3v) is 7.03. The molecule has 5 atom stereocenters. The lowest BCUT2D eigenvalue weighted by Crippen LogP contribution is -2.55. The van der Waals surface area contributed by atoms with Crippen molar-refractivity contribution in [1.82, 2.24) is 0 Å². The van der Waals surface area contributed by atoms with Crippen molar-refractivity contribution in [3.63, 3.8) is 0 Å². The van der Waals surface area contributed by atoms with Crippen LogP contribution >= 0.6 is 0 Å². The second-order valence-corrected chi connectivity index (χ2v) is 9.55. The number of hydrogen-bond acceptors (Lipinski definition) is 8. The molecule has 2 rings (SSSR count). The number of ether oxygens (including phenoxy) is 2. The summed E-state index contributed by atoms with van der Waals surface area (Å²) in [6.45, 7) is 1.54. The van der Waals surface area contributed by atoms with E-state index < -0.39 is 55.3 Å². The van der Waals surface area contributed by atoms with Crippen molar-refractivity contribution in [1.29, 1.82) is 0 Å². The Morgan fingerprint density at radius 1 is 1.12 bits per heavy atom. The largest absolute Gasteiger partial charge is 0.748 e. The number of benzene rings is 1. The molecule has 0 amide bonds. The molecule has 1 aliphatic carbocycles. The van der Waals surface area contributed by atoms with Gasteiger partial charge in [0.25, 0.3) is 0 Å². The van der Waals surface area contributed by atoms with Gasteiger partial charge in [-0.05, 0) is 23.8 Å². The van der Waals surface area contributed by atoms with E-state index in [1.165, 1.54) is 14.0 Å². The summed E-state index contributed by atoms with van der Waals surface area (Å²) < 4.78 is 80.0. The fourth-order valence-corrected chi connectivity index (χ4v) is 5.83. The molecule has 0 heterocycles. The molecule has 0 N–H and O–H groups in total. The van der Waals surface area contributed by atoms with Gasteiger partial charge >= 0.3 is 0 Å². The quantitative estimate of drug-likeness (QED) is 0.604. The van der Waals surface area contributed by atoms with E-state index in [0.717, 1.165) is 5.56 Å². The molecule has 0 saturated heterocycles. The lowest BCUT2D eigenvalue weighted by atomic mass is 9.77. The molecular formula is C16H22O8S2-2. The predicted molar refractivity (Wildman–Crippen MR) is 91.1 cm³/mol. The molecule has 26 heavy (non-hydrogen) atoms. The molecule has 1 fully saturated rings. The number of hydrogen-bond donors (Lipinski definition) is 0. The maximum absolute atomic E-state index is 11.9. The van der Waals surface area contributed by atoms with Crippen molar-refractivity contribution >= 4 is 20.2 Å². The second kappa shape index (κ2) is 8.32. The van der Waals surface area contributed by atoms with E-state index in [1.54, 1.807) is 24.3 Å². The highest BCUT2D eigenvalue weighted by Crippen LogP contribution is 2.38. The van der Waals surface area contributed by atoms with Crippen LogP contribution in [0.3, 0.4) is 0 Å². The van der Waals surface area contributed by atoms with Crippen LogP contribution < -0.4 is 0 Å². The lowest BCUT2D eigenvalue weighted by molar-refractivity contribution is -0.102. The summed E-state index contributed by atoms with van der Waals surface area (Å²) in [5, 5.41) is -1.50. The van der Waals surface area contributed by atoms with E-state index in [2.05, 4.69) is 0 Å². The molecular weight excluding hydrogens is 384 g/mol. The standard InChI is InChI=1S/C16H24O8S2/c1-11-13(10-25(17,18)19)8-14(23-2)15(16(11)26(20,21)22)24-9-12-6-4-3-5-7-12/h3-7,11,13-16H,8-10H2,1-2H3,(H,17,18,19)(H,20,21,22)/p-2. The second-order valence-electron chi connectivity index (χ2n) is 6.57. The third-order valence-electron chi connectivity index (χ3n) is 4.83. The highest BCUT2D eigenvalue weighted by Gasteiger charge is 2.47. The van der Waals surface area contributed by atoms with Crippen LogP contribution in [-0.4, -0.2) is 56.3 Å². The van der Waals surface area contributed by atoms with Crippen molar-refractivity contribution in [2.24, 2.45) is 11.8 Å². The molecule has 5 unspecified atom stereocenters. The SMILES string of the molecule is COC1CC(CS(=O)(=O)[O-])C(C)C(S(=O)(=O)[O-])C1OCc1ccccc1. The zero-order valence-electron chi connectivity index (χ0n) is 14.5. The van der Waals surface area contributed by atoms with Crippen molar-refractivity contribution in [3.8, 4) is 0 Å². The Morgan fingerprint density at radius 2 is 1.73 bits per heavy atom. The molecule has 0 spiro atoms. The summed E-state index contributed by atoms with van der Waals surface area (Å²) in [4.78, 5) is 0. The van der Waals surface area contributed by atoms with Crippen LogP contribution in [-0.2, 0) is 36.3 Å². The Hall–Kier alpha value is -1.04. The van der Waals surface area contributed by atoms with Crippen molar-refractivity contribution in [2.45, 2.75) is 37.4 Å². The van der Waals surface area contributed by atoms with E-state index in [4.69, 9.17) is 9.47 Å². The number of rotatable bonds is 7. The van der Waals surface area contributed by atoms with Crippen LogP contribution in [0.15, 0.2) is 30.3 Å². The van der Waals surface area contributed by atoms with E-state index in [-0.39, 0.29) is 13.0 Å². The molecule has 0 aliphatic heterocycles. The minimum absolute atomic E-state index is 0.0780. The molecule has 0 radical (unpaired) electrons. The highest BCUT2D eigenvalue weighted by molar-refractivity contribution is 7.86. The Morgan fingerprint density at radius 3 is 2.23 bits per heavy atom. The minimum Gasteiger partial charge on any atom is -0.748 e. The van der Waals surface area contributed by atoms with Gasteiger partial charge in [-0.25, -0.2) is 16.8 Å². The van der Waals surface area contributed by atoms with Crippen LogP contribution in [0.5, 0.6) is 0 Å². The molecule has 1 aliphatic rings. The van der Waals surface area contributed by atoms with Crippen LogP contribution in [0.1, 0.15) is 18.9 Å². The van der Waals surface area contributed by atoms with E-state index in [9.17, 15) is 25.9 Å². The number of methoxy groups -OCH3 is 1.